The molecule has 0 fully saturated rings. The van der Waals surface area contributed by atoms with Gasteiger partial charge >= 0.3 is 0 Å². The van der Waals surface area contributed by atoms with Crippen molar-refractivity contribution in [2.45, 2.75) is 12.5 Å². The van der Waals surface area contributed by atoms with Crippen molar-refractivity contribution in [1.82, 2.24) is 0 Å². The lowest BCUT2D eigenvalue weighted by atomic mass is 9.97. The molecule has 0 radical (unpaired) electrons. The van der Waals surface area contributed by atoms with Crippen molar-refractivity contribution in [3.8, 4) is 17.2 Å². The van der Waals surface area contributed by atoms with Crippen LogP contribution in [0, 0.1) is 0 Å². The molecule has 1 heterocycles. The van der Waals surface area contributed by atoms with Crippen LogP contribution in [0.2, 0.25) is 0 Å². The normalized spacial score (nSPS) is 15.6. The Morgan fingerprint density at radius 1 is 0.867 bits per heavy atom. The zero-order valence-electron chi connectivity index (χ0n) is 17.3. The molecule has 0 bridgehead atoms. The Balaban J connectivity index is 1.79. The molecule has 0 saturated carbocycles. The molecule has 154 valence electrons. The largest absolute Gasteiger partial charge is 0.493 e. The fourth-order valence-electron chi connectivity index (χ4n) is 3.73. The van der Waals surface area contributed by atoms with Crippen molar-refractivity contribution in [3.05, 3.63) is 77.9 Å². The number of benzene rings is 3. The molecule has 0 amide bonds. The molecule has 1 unspecified atom stereocenters. The minimum Gasteiger partial charge on any atom is -0.493 e. The maximum atomic E-state index is 5.86. The van der Waals surface area contributed by atoms with Crippen LogP contribution < -0.4 is 25.0 Å². The minimum absolute atomic E-state index is 0.0198. The number of methoxy groups -OCH3 is 3. The SMILES string of the molecule is COc1cc(C2CC(c3ccc(N)cc3)=NN2c2ccccc2)cc(OC)c1OC. The van der Waals surface area contributed by atoms with Gasteiger partial charge in [0.15, 0.2) is 11.5 Å². The van der Waals surface area contributed by atoms with Crippen LogP contribution in [-0.2, 0) is 0 Å². The van der Waals surface area contributed by atoms with Crippen molar-refractivity contribution in [1.29, 1.82) is 0 Å². The van der Waals surface area contributed by atoms with Gasteiger partial charge in [0.05, 0.1) is 38.8 Å². The molecule has 3 aromatic carbocycles. The van der Waals surface area contributed by atoms with Crippen LogP contribution in [0.1, 0.15) is 23.6 Å². The summed E-state index contributed by atoms with van der Waals surface area (Å²) in [4.78, 5) is 0. The van der Waals surface area contributed by atoms with E-state index in [9.17, 15) is 0 Å². The summed E-state index contributed by atoms with van der Waals surface area (Å²) in [7, 11) is 4.86. The Bertz CT molecular complexity index is 1020. The minimum atomic E-state index is -0.0198. The molecule has 3 aromatic rings. The van der Waals surface area contributed by atoms with E-state index in [0.29, 0.717) is 17.2 Å². The Labute approximate surface area is 176 Å². The first-order chi connectivity index (χ1) is 14.6. The first-order valence-corrected chi connectivity index (χ1v) is 9.72. The number of rotatable bonds is 6. The molecule has 6 heteroatoms. The molecule has 0 saturated heterocycles. The number of nitrogen functional groups attached to an aromatic ring is 1. The highest BCUT2D eigenvalue weighted by atomic mass is 16.5. The summed E-state index contributed by atoms with van der Waals surface area (Å²) in [6, 6.07) is 21.9. The second kappa shape index (κ2) is 8.37. The quantitative estimate of drug-likeness (QED) is 0.607. The molecule has 6 nitrogen and oxygen atoms in total. The highest BCUT2D eigenvalue weighted by Crippen LogP contribution is 2.44. The molecule has 30 heavy (non-hydrogen) atoms. The fourth-order valence-corrected chi connectivity index (χ4v) is 3.73. The summed E-state index contributed by atoms with van der Waals surface area (Å²) in [5.41, 5.74) is 10.7. The summed E-state index contributed by atoms with van der Waals surface area (Å²) in [5, 5.41) is 7.01. The number of anilines is 2. The number of hydrazone groups is 1. The van der Waals surface area contributed by atoms with Gasteiger partial charge in [0.2, 0.25) is 5.75 Å². The third-order valence-corrected chi connectivity index (χ3v) is 5.25. The summed E-state index contributed by atoms with van der Waals surface area (Å²) in [5.74, 6) is 1.83. The van der Waals surface area contributed by atoms with Crippen LogP contribution in [-0.4, -0.2) is 27.0 Å². The highest BCUT2D eigenvalue weighted by molar-refractivity contribution is 6.03. The fraction of sp³-hybridized carbons (Fsp3) is 0.208. The van der Waals surface area contributed by atoms with E-state index in [1.165, 1.54) is 0 Å². The van der Waals surface area contributed by atoms with Gasteiger partial charge in [-0.2, -0.15) is 5.10 Å². The zero-order valence-corrected chi connectivity index (χ0v) is 17.3. The van der Waals surface area contributed by atoms with E-state index >= 15 is 0 Å². The van der Waals surface area contributed by atoms with Crippen molar-refractivity contribution < 1.29 is 14.2 Å². The van der Waals surface area contributed by atoms with E-state index in [-0.39, 0.29) is 6.04 Å². The lowest BCUT2D eigenvalue weighted by Crippen LogP contribution is -2.18. The highest BCUT2D eigenvalue weighted by Gasteiger charge is 2.31. The number of nitrogens with two attached hydrogens (primary N) is 1. The van der Waals surface area contributed by atoms with Gasteiger partial charge in [-0.15, -0.1) is 0 Å². The van der Waals surface area contributed by atoms with Gasteiger partial charge in [-0.25, -0.2) is 0 Å². The molecule has 1 atom stereocenters. The standard InChI is InChI=1S/C24H25N3O3/c1-28-22-13-17(14-23(29-2)24(22)30-3)21-15-20(16-9-11-18(25)12-10-16)26-27(21)19-7-5-4-6-8-19/h4-14,21H,15,25H2,1-3H3. The summed E-state index contributed by atoms with van der Waals surface area (Å²) in [6.07, 6.45) is 0.734. The number of para-hydroxylation sites is 1. The molecule has 0 spiro atoms. The van der Waals surface area contributed by atoms with E-state index < -0.39 is 0 Å². The van der Waals surface area contributed by atoms with Gasteiger partial charge in [0, 0.05) is 12.1 Å². The van der Waals surface area contributed by atoms with Crippen LogP contribution in [0.15, 0.2) is 71.8 Å². The Morgan fingerprint density at radius 2 is 1.50 bits per heavy atom. The second-order valence-corrected chi connectivity index (χ2v) is 7.03. The molecule has 0 aromatic heterocycles. The lowest BCUT2D eigenvalue weighted by Gasteiger charge is -2.25. The average Bonchev–Trinajstić information content (AvgIpc) is 3.24. The van der Waals surface area contributed by atoms with Gasteiger partial charge in [-0.05, 0) is 47.5 Å². The second-order valence-electron chi connectivity index (χ2n) is 7.03. The molecule has 4 rings (SSSR count). The number of ether oxygens (including phenoxy) is 3. The third kappa shape index (κ3) is 3.64. The van der Waals surface area contributed by atoms with E-state index in [1.807, 2.05) is 59.6 Å². The molecule has 2 N–H and O–H groups in total. The molecule has 0 aliphatic carbocycles. The van der Waals surface area contributed by atoms with E-state index in [2.05, 4.69) is 12.1 Å². The maximum Gasteiger partial charge on any atom is 0.203 e. The molecule has 1 aliphatic heterocycles. The summed E-state index contributed by atoms with van der Waals surface area (Å²) in [6.45, 7) is 0. The summed E-state index contributed by atoms with van der Waals surface area (Å²) >= 11 is 0. The van der Waals surface area contributed by atoms with Crippen LogP contribution in [0.4, 0.5) is 11.4 Å². The Kier molecular flexibility index (Phi) is 5.48. The van der Waals surface area contributed by atoms with Gasteiger partial charge in [-0.3, -0.25) is 5.01 Å². The van der Waals surface area contributed by atoms with Crippen molar-refractivity contribution in [2.75, 3.05) is 32.1 Å². The number of hydrogen-bond donors (Lipinski definition) is 1. The predicted octanol–water partition coefficient (Wildman–Crippen LogP) is 4.65. The zero-order chi connectivity index (χ0) is 21.1. The van der Waals surface area contributed by atoms with Crippen LogP contribution in [0.3, 0.4) is 0 Å². The van der Waals surface area contributed by atoms with E-state index in [4.69, 9.17) is 25.0 Å². The van der Waals surface area contributed by atoms with Crippen molar-refractivity contribution in [3.63, 3.8) is 0 Å². The first kappa shape index (κ1) is 19.6. The average molecular weight is 403 g/mol. The van der Waals surface area contributed by atoms with Gasteiger partial charge < -0.3 is 19.9 Å². The smallest absolute Gasteiger partial charge is 0.203 e. The topological polar surface area (TPSA) is 69.3 Å². The maximum absolute atomic E-state index is 5.86. The third-order valence-electron chi connectivity index (χ3n) is 5.25. The van der Waals surface area contributed by atoms with Gasteiger partial charge in [-0.1, -0.05) is 30.3 Å². The summed E-state index contributed by atoms with van der Waals surface area (Å²) < 4.78 is 16.6. The monoisotopic (exact) mass is 403 g/mol. The van der Waals surface area contributed by atoms with E-state index in [0.717, 1.165) is 34.6 Å². The Morgan fingerprint density at radius 3 is 2.07 bits per heavy atom. The number of hydrogen-bond acceptors (Lipinski definition) is 6. The molecular formula is C24H25N3O3. The van der Waals surface area contributed by atoms with Crippen molar-refractivity contribution >= 4 is 17.1 Å². The van der Waals surface area contributed by atoms with Gasteiger partial charge in [0.25, 0.3) is 0 Å². The van der Waals surface area contributed by atoms with Crippen LogP contribution in [0.5, 0.6) is 17.2 Å². The van der Waals surface area contributed by atoms with Crippen LogP contribution in [0.25, 0.3) is 0 Å². The predicted molar refractivity (Wildman–Crippen MR) is 120 cm³/mol. The van der Waals surface area contributed by atoms with Crippen molar-refractivity contribution in [2.24, 2.45) is 5.10 Å². The first-order valence-electron chi connectivity index (χ1n) is 9.72. The molecular weight excluding hydrogens is 378 g/mol. The number of nitrogens with zero attached hydrogens (tertiary/aromatic N) is 2. The van der Waals surface area contributed by atoms with Gasteiger partial charge in [0.1, 0.15) is 0 Å². The molecule has 1 aliphatic rings. The Hall–Kier alpha value is -3.67. The van der Waals surface area contributed by atoms with Crippen LogP contribution >= 0.6 is 0 Å². The lowest BCUT2D eigenvalue weighted by molar-refractivity contribution is 0.323. The van der Waals surface area contributed by atoms with E-state index in [1.54, 1.807) is 21.3 Å².